The maximum absolute atomic E-state index is 5.01. The van der Waals surface area contributed by atoms with Gasteiger partial charge < -0.3 is 0 Å². The molecule has 1 heteroatoms. The van der Waals surface area contributed by atoms with Gasteiger partial charge in [0.1, 0.15) is 0 Å². The minimum atomic E-state index is 1.12. The van der Waals surface area contributed by atoms with Crippen LogP contribution in [0.4, 0.5) is 5.69 Å². The van der Waals surface area contributed by atoms with E-state index in [9.17, 15) is 0 Å². The first-order valence-electron chi connectivity index (χ1n) is 7.74. The van der Waals surface area contributed by atoms with E-state index in [4.69, 9.17) is 4.99 Å². The molecule has 0 aliphatic carbocycles. The maximum atomic E-state index is 5.01. The zero-order valence-corrected chi connectivity index (χ0v) is 13.5. The van der Waals surface area contributed by atoms with E-state index in [2.05, 4.69) is 70.2 Å². The predicted octanol–water partition coefficient (Wildman–Crippen LogP) is 5.56. The zero-order chi connectivity index (χ0) is 15.4. The van der Waals surface area contributed by atoms with Crippen molar-refractivity contribution in [1.29, 1.82) is 0 Å². The van der Waals surface area contributed by atoms with E-state index in [0.717, 1.165) is 11.4 Å². The standard InChI is InChI=1S/C21H19N/c1-12-7-13(2)10-17(9-12)21-18-11-14(3)8-16-6-5-15(4)20(22-21)19(16)18/h5-11H,1-4H3. The summed E-state index contributed by atoms with van der Waals surface area (Å²) in [5.74, 6) is 0. The van der Waals surface area contributed by atoms with Crippen LogP contribution in [0.15, 0.2) is 47.5 Å². The Bertz CT molecular complexity index is 941. The van der Waals surface area contributed by atoms with Gasteiger partial charge in [-0.15, -0.1) is 0 Å². The molecule has 0 atom stereocenters. The molecule has 1 heterocycles. The molecular weight excluding hydrogens is 266 g/mol. The second-order valence-corrected chi connectivity index (χ2v) is 6.48. The van der Waals surface area contributed by atoms with Gasteiger partial charge in [-0.3, -0.25) is 0 Å². The molecule has 4 rings (SSSR count). The van der Waals surface area contributed by atoms with E-state index >= 15 is 0 Å². The molecular formula is C21H19N. The van der Waals surface area contributed by atoms with E-state index in [1.165, 1.54) is 44.2 Å². The van der Waals surface area contributed by atoms with Gasteiger partial charge in [0.2, 0.25) is 0 Å². The molecule has 1 nitrogen and oxygen atoms in total. The minimum absolute atomic E-state index is 1.12. The van der Waals surface area contributed by atoms with Gasteiger partial charge in [0.05, 0.1) is 11.4 Å². The lowest BCUT2D eigenvalue weighted by atomic mass is 9.94. The summed E-state index contributed by atoms with van der Waals surface area (Å²) >= 11 is 0. The lowest BCUT2D eigenvalue weighted by Gasteiger charge is -2.08. The maximum Gasteiger partial charge on any atom is 0.0789 e. The fourth-order valence-corrected chi connectivity index (χ4v) is 3.54. The Morgan fingerprint density at radius 2 is 1.41 bits per heavy atom. The van der Waals surface area contributed by atoms with E-state index in [0.29, 0.717) is 0 Å². The average Bonchev–Trinajstić information content (AvgIpc) is 2.82. The highest BCUT2D eigenvalue weighted by Crippen LogP contribution is 2.40. The first-order chi connectivity index (χ1) is 10.5. The molecule has 22 heavy (non-hydrogen) atoms. The van der Waals surface area contributed by atoms with Crippen LogP contribution in [-0.2, 0) is 0 Å². The van der Waals surface area contributed by atoms with Crippen LogP contribution in [0.5, 0.6) is 0 Å². The number of aryl methyl sites for hydroxylation is 4. The number of hydrogen-bond acceptors (Lipinski definition) is 1. The molecule has 0 bridgehead atoms. The van der Waals surface area contributed by atoms with Crippen LogP contribution in [0, 0.1) is 27.7 Å². The highest BCUT2D eigenvalue weighted by molar-refractivity contribution is 6.26. The Hall–Kier alpha value is -2.41. The van der Waals surface area contributed by atoms with Crippen molar-refractivity contribution < 1.29 is 0 Å². The lowest BCUT2D eigenvalue weighted by molar-refractivity contribution is 1.37. The summed E-state index contributed by atoms with van der Waals surface area (Å²) in [5, 5.41) is 2.60. The summed E-state index contributed by atoms with van der Waals surface area (Å²) in [6, 6.07) is 15.6. The number of benzene rings is 3. The van der Waals surface area contributed by atoms with Crippen molar-refractivity contribution in [3.05, 3.63) is 75.8 Å². The van der Waals surface area contributed by atoms with E-state index in [1.807, 2.05) is 0 Å². The molecule has 3 aromatic carbocycles. The quantitative estimate of drug-likeness (QED) is 0.434. The fourth-order valence-electron chi connectivity index (χ4n) is 3.54. The molecule has 0 amide bonds. The van der Waals surface area contributed by atoms with Gasteiger partial charge in [-0.1, -0.05) is 35.4 Å². The largest absolute Gasteiger partial charge is 0.247 e. The fraction of sp³-hybridized carbons (Fsp3) is 0.190. The highest BCUT2D eigenvalue weighted by atomic mass is 14.8. The van der Waals surface area contributed by atoms with Crippen LogP contribution in [-0.4, -0.2) is 5.71 Å². The van der Waals surface area contributed by atoms with Gasteiger partial charge >= 0.3 is 0 Å². The molecule has 108 valence electrons. The third kappa shape index (κ3) is 1.89. The van der Waals surface area contributed by atoms with Gasteiger partial charge in [-0.25, -0.2) is 4.99 Å². The van der Waals surface area contributed by atoms with Crippen molar-refractivity contribution in [2.45, 2.75) is 27.7 Å². The molecule has 0 saturated carbocycles. The van der Waals surface area contributed by atoms with Crippen LogP contribution < -0.4 is 0 Å². The number of nitrogens with zero attached hydrogens (tertiary/aromatic N) is 1. The first kappa shape index (κ1) is 13.3. The van der Waals surface area contributed by atoms with Crippen LogP contribution in [0.1, 0.15) is 33.4 Å². The van der Waals surface area contributed by atoms with Crippen molar-refractivity contribution in [1.82, 2.24) is 0 Å². The summed E-state index contributed by atoms with van der Waals surface area (Å²) < 4.78 is 0. The Kier molecular flexibility index (Phi) is 2.74. The summed E-state index contributed by atoms with van der Waals surface area (Å²) in [6.07, 6.45) is 0. The van der Waals surface area contributed by atoms with Gasteiger partial charge in [0, 0.05) is 16.5 Å². The number of aliphatic imine (C=N–C) groups is 1. The van der Waals surface area contributed by atoms with Crippen molar-refractivity contribution >= 4 is 22.2 Å². The predicted molar refractivity (Wildman–Crippen MR) is 94.6 cm³/mol. The monoisotopic (exact) mass is 285 g/mol. The third-order valence-corrected chi connectivity index (χ3v) is 4.41. The van der Waals surface area contributed by atoms with Crippen LogP contribution >= 0.6 is 0 Å². The topological polar surface area (TPSA) is 12.4 Å². The third-order valence-electron chi connectivity index (χ3n) is 4.41. The summed E-state index contributed by atoms with van der Waals surface area (Å²) in [4.78, 5) is 5.01. The number of rotatable bonds is 1. The van der Waals surface area contributed by atoms with Crippen molar-refractivity contribution in [3.63, 3.8) is 0 Å². The van der Waals surface area contributed by atoms with Crippen LogP contribution in [0.2, 0.25) is 0 Å². The van der Waals surface area contributed by atoms with Crippen molar-refractivity contribution in [2.24, 2.45) is 4.99 Å². The number of hydrogen-bond donors (Lipinski definition) is 0. The Labute approximate surface area is 131 Å². The summed E-state index contributed by atoms with van der Waals surface area (Å²) in [6.45, 7) is 8.60. The van der Waals surface area contributed by atoms with Crippen molar-refractivity contribution in [3.8, 4) is 0 Å². The Balaban J connectivity index is 2.06. The summed E-state index contributed by atoms with van der Waals surface area (Å²) in [5.41, 5.74) is 9.86. The van der Waals surface area contributed by atoms with Crippen molar-refractivity contribution in [2.75, 3.05) is 0 Å². The molecule has 0 radical (unpaired) electrons. The molecule has 1 aliphatic rings. The van der Waals surface area contributed by atoms with Gasteiger partial charge in [-0.05, 0) is 62.4 Å². The lowest BCUT2D eigenvalue weighted by Crippen LogP contribution is -2.02. The zero-order valence-electron chi connectivity index (χ0n) is 13.5. The van der Waals surface area contributed by atoms with E-state index in [1.54, 1.807) is 0 Å². The minimum Gasteiger partial charge on any atom is -0.247 e. The highest BCUT2D eigenvalue weighted by Gasteiger charge is 2.21. The average molecular weight is 285 g/mol. The Morgan fingerprint density at radius 1 is 0.727 bits per heavy atom. The second-order valence-electron chi connectivity index (χ2n) is 6.48. The molecule has 0 unspecified atom stereocenters. The molecule has 0 N–H and O–H groups in total. The molecule has 0 aromatic heterocycles. The van der Waals surface area contributed by atoms with Gasteiger partial charge in [0.25, 0.3) is 0 Å². The van der Waals surface area contributed by atoms with Crippen LogP contribution in [0.3, 0.4) is 0 Å². The molecule has 0 saturated heterocycles. The normalized spacial score (nSPS) is 12.8. The van der Waals surface area contributed by atoms with E-state index in [-0.39, 0.29) is 0 Å². The molecule has 0 fully saturated rings. The summed E-state index contributed by atoms with van der Waals surface area (Å²) in [7, 11) is 0. The second kappa shape index (κ2) is 4.54. The van der Waals surface area contributed by atoms with E-state index < -0.39 is 0 Å². The smallest absolute Gasteiger partial charge is 0.0789 e. The SMILES string of the molecule is Cc1cc(C)cc(C2=Nc3c(C)ccc4cc(C)cc2c34)c1. The van der Waals surface area contributed by atoms with Gasteiger partial charge in [0.15, 0.2) is 0 Å². The molecule has 3 aromatic rings. The molecule has 1 aliphatic heterocycles. The Morgan fingerprint density at radius 3 is 2.14 bits per heavy atom. The van der Waals surface area contributed by atoms with Gasteiger partial charge in [-0.2, -0.15) is 0 Å². The first-order valence-corrected chi connectivity index (χ1v) is 7.74. The van der Waals surface area contributed by atoms with Crippen LogP contribution in [0.25, 0.3) is 10.8 Å². The molecule has 0 spiro atoms.